The van der Waals surface area contributed by atoms with Crippen molar-refractivity contribution >= 4 is 21.6 Å². The molecule has 92 valence electrons. The Hall–Kier alpha value is -1.10. The lowest BCUT2D eigenvalue weighted by Crippen LogP contribution is -2.10. The molecule has 0 atom stereocenters. The highest BCUT2D eigenvalue weighted by Gasteiger charge is 2.34. The highest BCUT2D eigenvalue weighted by atomic mass is 32.1. The van der Waals surface area contributed by atoms with Gasteiger partial charge in [0.2, 0.25) is 0 Å². The maximum absolute atomic E-state index is 12.8. The molecule has 1 aromatic carbocycles. The van der Waals surface area contributed by atoms with Gasteiger partial charge in [-0.3, -0.25) is 0 Å². The van der Waals surface area contributed by atoms with Crippen molar-refractivity contribution in [2.24, 2.45) is 0 Å². The van der Waals surface area contributed by atoms with E-state index in [1.807, 2.05) is 20.8 Å². The number of thiazole rings is 1. The molecule has 0 aliphatic heterocycles. The van der Waals surface area contributed by atoms with Crippen LogP contribution in [0, 0.1) is 0 Å². The summed E-state index contributed by atoms with van der Waals surface area (Å²) >= 11 is 1.32. The molecule has 0 unspecified atom stereocenters. The zero-order valence-electron chi connectivity index (χ0n) is 9.72. The van der Waals surface area contributed by atoms with Crippen molar-refractivity contribution in [2.45, 2.75) is 32.4 Å². The molecule has 0 amide bonds. The quantitative estimate of drug-likeness (QED) is 0.673. The number of nitrogens with zero attached hydrogens (tertiary/aromatic N) is 1. The molecule has 1 aromatic heterocycles. The summed E-state index contributed by atoms with van der Waals surface area (Å²) in [6, 6.07) is 4.18. The topological polar surface area (TPSA) is 12.9 Å². The van der Waals surface area contributed by atoms with E-state index in [-0.39, 0.29) is 10.9 Å². The molecule has 0 spiro atoms. The van der Waals surface area contributed by atoms with Crippen LogP contribution >= 0.6 is 11.3 Å². The van der Waals surface area contributed by atoms with E-state index < -0.39 is 11.7 Å². The Bertz CT molecular complexity index is 549. The van der Waals surface area contributed by atoms with Gasteiger partial charge in [-0.1, -0.05) is 26.8 Å². The van der Waals surface area contributed by atoms with E-state index in [1.54, 1.807) is 6.07 Å². The van der Waals surface area contributed by atoms with Gasteiger partial charge in [0.1, 0.15) is 0 Å². The molecule has 0 N–H and O–H groups in total. The number of hydrogen-bond donors (Lipinski definition) is 0. The Morgan fingerprint density at radius 1 is 1.12 bits per heavy atom. The van der Waals surface area contributed by atoms with Gasteiger partial charge in [-0.25, -0.2) is 4.98 Å². The lowest BCUT2D eigenvalue weighted by molar-refractivity contribution is -0.136. The normalized spacial score (nSPS) is 13.3. The van der Waals surface area contributed by atoms with Crippen molar-refractivity contribution in [2.75, 3.05) is 0 Å². The van der Waals surface area contributed by atoms with Crippen molar-refractivity contribution in [3.63, 3.8) is 0 Å². The van der Waals surface area contributed by atoms with Gasteiger partial charge >= 0.3 is 6.18 Å². The Labute approximate surface area is 101 Å². The zero-order valence-corrected chi connectivity index (χ0v) is 10.5. The van der Waals surface area contributed by atoms with Gasteiger partial charge in [0.15, 0.2) is 0 Å². The van der Waals surface area contributed by atoms with Crippen LogP contribution in [0.4, 0.5) is 13.2 Å². The first-order valence-electron chi connectivity index (χ1n) is 5.17. The molecule has 1 heterocycles. The Balaban J connectivity index is 2.70. The molecule has 2 rings (SSSR count). The summed E-state index contributed by atoms with van der Waals surface area (Å²) in [5.74, 6) is 0. The maximum atomic E-state index is 12.8. The summed E-state index contributed by atoms with van der Waals surface area (Å²) in [4.78, 5) is 4.15. The molecule has 0 aliphatic carbocycles. The van der Waals surface area contributed by atoms with E-state index >= 15 is 0 Å². The van der Waals surface area contributed by atoms with Crippen molar-refractivity contribution in [1.29, 1.82) is 0 Å². The van der Waals surface area contributed by atoms with Gasteiger partial charge in [0.25, 0.3) is 0 Å². The van der Waals surface area contributed by atoms with Gasteiger partial charge in [0.05, 0.1) is 20.8 Å². The van der Waals surface area contributed by atoms with Crippen LogP contribution in [0.5, 0.6) is 0 Å². The number of halogens is 3. The molecule has 2 aromatic rings. The van der Waals surface area contributed by atoms with Gasteiger partial charge < -0.3 is 0 Å². The van der Waals surface area contributed by atoms with Crippen molar-refractivity contribution in [3.05, 3.63) is 28.8 Å². The van der Waals surface area contributed by atoms with Crippen LogP contribution in [-0.2, 0) is 11.6 Å². The van der Waals surface area contributed by atoms with Gasteiger partial charge in [-0.2, -0.15) is 13.2 Å². The van der Waals surface area contributed by atoms with E-state index in [0.29, 0.717) is 4.70 Å². The molecule has 0 fully saturated rings. The molecule has 0 radical (unpaired) electrons. The highest BCUT2D eigenvalue weighted by Crippen LogP contribution is 2.38. The lowest BCUT2D eigenvalue weighted by atomic mass is 9.98. The summed E-state index contributed by atoms with van der Waals surface area (Å²) in [6.07, 6.45) is -4.34. The second-order valence-corrected chi connectivity index (χ2v) is 5.95. The molecule has 0 saturated heterocycles. The van der Waals surface area contributed by atoms with Crippen LogP contribution in [0.25, 0.3) is 10.2 Å². The number of para-hydroxylation sites is 1. The molecular formula is C12H12F3NS. The molecule has 0 bridgehead atoms. The smallest absolute Gasteiger partial charge is 0.240 e. The van der Waals surface area contributed by atoms with Crippen molar-refractivity contribution in [3.8, 4) is 0 Å². The molecule has 0 aliphatic rings. The summed E-state index contributed by atoms with van der Waals surface area (Å²) in [7, 11) is 0. The van der Waals surface area contributed by atoms with Gasteiger partial charge in [-0.15, -0.1) is 11.3 Å². The minimum atomic E-state index is -4.34. The summed E-state index contributed by atoms with van der Waals surface area (Å²) < 4.78 is 39.0. The molecule has 5 heteroatoms. The largest absolute Gasteiger partial charge is 0.418 e. The first kappa shape index (κ1) is 12.4. The number of alkyl halides is 3. The number of fused-ring (bicyclic) bond motifs is 1. The summed E-state index contributed by atoms with van der Waals surface area (Å²) in [5.41, 5.74) is -0.816. The van der Waals surface area contributed by atoms with Crippen LogP contribution in [0.1, 0.15) is 31.3 Å². The van der Waals surface area contributed by atoms with E-state index in [1.165, 1.54) is 17.4 Å². The minimum absolute atomic E-state index is 0.0647. The number of hydrogen-bond acceptors (Lipinski definition) is 2. The Kier molecular flexibility index (Phi) is 2.69. The third-order valence-corrected chi connectivity index (χ3v) is 3.81. The predicted molar refractivity (Wildman–Crippen MR) is 63.3 cm³/mol. The van der Waals surface area contributed by atoms with Crippen LogP contribution in [0.2, 0.25) is 0 Å². The predicted octanol–water partition coefficient (Wildman–Crippen LogP) is 4.61. The van der Waals surface area contributed by atoms with Crippen LogP contribution in [0.15, 0.2) is 18.2 Å². The standard InChI is InChI=1S/C12H12F3NS/c1-11(2,3)10-16-9-7(12(13,14)15)5-4-6-8(9)17-10/h4-6H,1-3H3. The van der Waals surface area contributed by atoms with Crippen LogP contribution in [0.3, 0.4) is 0 Å². The fraction of sp³-hybridized carbons (Fsp3) is 0.417. The third-order valence-electron chi connectivity index (χ3n) is 2.37. The average molecular weight is 259 g/mol. The molecule has 1 nitrogen and oxygen atoms in total. The fourth-order valence-corrected chi connectivity index (χ4v) is 2.55. The third kappa shape index (κ3) is 2.29. The number of rotatable bonds is 0. The first-order chi connectivity index (χ1) is 7.69. The second-order valence-electron chi connectivity index (χ2n) is 4.92. The number of benzene rings is 1. The summed E-state index contributed by atoms with van der Waals surface area (Å²) in [6.45, 7) is 5.83. The summed E-state index contributed by atoms with van der Waals surface area (Å²) in [5, 5.41) is 0.726. The van der Waals surface area contributed by atoms with E-state index in [2.05, 4.69) is 4.98 Å². The van der Waals surface area contributed by atoms with Crippen molar-refractivity contribution < 1.29 is 13.2 Å². The first-order valence-corrected chi connectivity index (χ1v) is 5.98. The Morgan fingerprint density at radius 2 is 1.76 bits per heavy atom. The van der Waals surface area contributed by atoms with E-state index in [9.17, 15) is 13.2 Å². The molecular weight excluding hydrogens is 247 g/mol. The van der Waals surface area contributed by atoms with Crippen LogP contribution < -0.4 is 0 Å². The Morgan fingerprint density at radius 3 is 2.29 bits per heavy atom. The zero-order chi connectivity index (χ0) is 12.8. The molecule has 17 heavy (non-hydrogen) atoms. The van der Waals surface area contributed by atoms with Gasteiger partial charge in [0, 0.05) is 5.41 Å². The average Bonchev–Trinajstić information content (AvgIpc) is 2.57. The van der Waals surface area contributed by atoms with Crippen LogP contribution in [-0.4, -0.2) is 4.98 Å². The van der Waals surface area contributed by atoms with E-state index in [0.717, 1.165) is 11.1 Å². The fourth-order valence-electron chi connectivity index (χ4n) is 1.50. The maximum Gasteiger partial charge on any atom is 0.418 e. The van der Waals surface area contributed by atoms with E-state index in [4.69, 9.17) is 0 Å². The minimum Gasteiger partial charge on any atom is -0.240 e. The van der Waals surface area contributed by atoms with Gasteiger partial charge in [-0.05, 0) is 12.1 Å². The second kappa shape index (κ2) is 3.70. The number of aromatic nitrogens is 1. The monoisotopic (exact) mass is 259 g/mol. The van der Waals surface area contributed by atoms with Crippen molar-refractivity contribution in [1.82, 2.24) is 4.98 Å². The highest BCUT2D eigenvalue weighted by molar-refractivity contribution is 7.18. The lowest BCUT2D eigenvalue weighted by Gasteiger charge is -2.13. The SMILES string of the molecule is CC(C)(C)c1nc2c(C(F)(F)F)cccc2s1. The molecule has 0 saturated carbocycles.